The van der Waals surface area contributed by atoms with Crippen LogP contribution in [0, 0.1) is 0 Å². The fraction of sp³-hybridized carbons (Fsp3) is 0.308. The molecule has 8 heteroatoms. The van der Waals surface area contributed by atoms with Crippen molar-refractivity contribution in [3.63, 3.8) is 0 Å². The number of nitrogens with one attached hydrogen (secondary N) is 2. The number of H-pyrrole nitrogens is 1. The van der Waals surface area contributed by atoms with E-state index in [0.29, 0.717) is 6.73 Å². The van der Waals surface area contributed by atoms with Crippen LogP contribution in [0.3, 0.4) is 0 Å². The minimum Gasteiger partial charge on any atom is -0.507 e. The molecule has 0 unspecified atom stereocenters. The zero-order valence-electron chi connectivity index (χ0n) is 19.6. The second kappa shape index (κ2) is 9.21. The highest BCUT2D eigenvalue weighted by molar-refractivity contribution is 7.13. The Hall–Kier alpha value is -3.20. The van der Waals surface area contributed by atoms with Crippen molar-refractivity contribution < 1.29 is 9.84 Å². The normalized spacial score (nSPS) is 15.0. The highest BCUT2D eigenvalue weighted by Crippen LogP contribution is 2.36. The van der Waals surface area contributed by atoms with Crippen LogP contribution in [0.25, 0.3) is 27.0 Å². The third-order valence-electron chi connectivity index (χ3n) is 5.82. The van der Waals surface area contributed by atoms with Crippen LogP contribution >= 0.6 is 11.3 Å². The largest absolute Gasteiger partial charge is 0.507 e. The number of phenols is 1. The molecule has 0 saturated heterocycles. The Kier molecular flexibility index (Phi) is 6.12. The third kappa shape index (κ3) is 4.99. The van der Waals surface area contributed by atoms with E-state index in [0.717, 1.165) is 58.1 Å². The summed E-state index contributed by atoms with van der Waals surface area (Å²) in [5.74, 6) is 0.241. The summed E-state index contributed by atoms with van der Waals surface area (Å²) >= 11 is 1.50. The van der Waals surface area contributed by atoms with Gasteiger partial charge in [-0.3, -0.25) is 9.88 Å². The molecule has 3 aromatic heterocycles. The molecule has 0 bridgehead atoms. The first-order chi connectivity index (χ1) is 16.4. The SMILES string of the molecule is CC(C)(C)OCN1CC=C(c2cc3c(Nc4ccc(O)c(-c5cncs5)c4)ccnc3[nH]2)CC1. The highest BCUT2D eigenvalue weighted by Gasteiger charge is 2.18. The lowest BCUT2D eigenvalue weighted by Crippen LogP contribution is -2.34. The Morgan fingerprint density at radius 3 is 2.85 bits per heavy atom. The maximum atomic E-state index is 10.3. The summed E-state index contributed by atoms with van der Waals surface area (Å²) in [6.07, 6.45) is 6.80. The predicted octanol–water partition coefficient (Wildman–Crippen LogP) is 6.00. The van der Waals surface area contributed by atoms with Gasteiger partial charge < -0.3 is 20.1 Å². The monoisotopic (exact) mass is 475 g/mol. The lowest BCUT2D eigenvalue weighted by Gasteiger charge is -2.29. The molecule has 5 rings (SSSR count). The van der Waals surface area contributed by atoms with E-state index in [4.69, 9.17) is 4.74 Å². The molecule has 1 aromatic carbocycles. The Bertz CT molecular complexity index is 1320. The molecule has 4 aromatic rings. The van der Waals surface area contributed by atoms with Crippen molar-refractivity contribution in [2.24, 2.45) is 0 Å². The van der Waals surface area contributed by atoms with E-state index >= 15 is 0 Å². The molecular formula is C26H29N5O2S. The van der Waals surface area contributed by atoms with Gasteiger partial charge in [-0.2, -0.15) is 0 Å². The van der Waals surface area contributed by atoms with Gasteiger partial charge in [0.2, 0.25) is 0 Å². The number of aromatic nitrogens is 3. The van der Waals surface area contributed by atoms with E-state index in [1.165, 1.54) is 16.9 Å². The molecule has 7 nitrogen and oxygen atoms in total. The summed E-state index contributed by atoms with van der Waals surface area (Å²) < 4.78 is 5.92. The van der Waals surface area contributed by atoms with Gasteiger partial charge in [-0.1, -0.05) is 6.08 Å². The second-order valence-electron chi connectivity index (χ2n) is 9.47. The number of nitrogens with zero attached hydrogens (tertiary/aromatic N) is 3. The first-order valence-corrected chi connectivity index (χ1v) is 12.3. The molecule has 176 valence electrons. The minimum absolute atomic E-state index is 0.130. The maximum absolute atomic E-state index is 10.3. The number of benzene rings is 1. The summed E-state index contributed by atoms with van der Waals surface area (Å²) in [6.45, 7) is 8.72. The highest BCUT2D eigenvalue weighted by atomic mass is 32.1. The maximum Gasteiger partial charge on any atom is 0.139 e. The molecule has 0 atom stereocenters. The van der Waals surface area contributed by atoms with Crippen LogP contribution in [-0.2, 0) is 4.74 Å². The molecule has 0 aliphatic carbocycles. The van der Waals surface area contributed by atoms with Gasteiger partial charge in [0.25, 0.3) is 0 Å². The van der Waals surface area contributed by atoms with Crippen LogP contribution in [0.15, 0.2) is 54.3 Å². The molecule has 4 heterocycles. The third-order valence-corrected chi connectivity index (χ3v) is 6.63. The molecule has 3 N–H and O–H groups in total. The zero-order chi connectivity index (χ0) is 23.7. The Morgan fingerprint density at radius 1 is 1.24 bits per heavy atom. The number of aromatic amines is 1. The number of anilines is 2. The van der Waals surface area contributed by atoms with Crippen molar-refractivity contribution in [1.29, 1.82) is 0 Å². The van der Waals surface area contributed by atoms with Crippen LogP contribution in [0.5, 0.6) is 5.75 Å². The molecule has 1 aliphatic rings. The van der Waals surface area contributed by atoms with Crippen molar-refractivity contribution in [3.05, 3.63) is 60.0 Å². The molecule has 0 radical (unpaired) electrons. The van der Waals surface area contributed by atoms with Gasteiger partial charge in [0, 0.05) is 47.8 Å². The Balaban J connectivity index is 1.36. The van der Waals surface area contributed by atoms with Crippen molar-refractivity contribution in [3.8, 4) is 16.2 Å². The Labute approximate surface area is 203 Å². The van der Waals surface area contributed by atoms with Gasteiger partial charge in [0.1, 0.15) is 11.4 Å². The summed E-state index contributed by atoms with van der Waals surface area (Å²) in [6, 6.07) is 9.67. The average molecular weight is 476 g/mol. The van der Waals surface area contributed by atoms with Crippen LogP contribution in [0.4, 0.5) is 11.4 Å². The molecule has 0 fully saturated rings. The average Bonchev–Trinajstić information content (AvgIpc) is 3.50. The van der Waals surface area contributed by atoms with Gasteiger partial charge in [-0.15, -0.1) is 11.3 Å². The van der Waals surface area contributed by atoms with E-state index < -0.39 is 0 Å². The standard InChI is InChI=1S/C26H29N5O2S/c1-26(2,3)33-16-31-10-7-17(8-11-31)22-13-19-21(6-9-28-25(19)30-22)29-18-4-5-23(32)20(12-18)24-14-27-15-34-24/h4-7,9,12-15,32H,8,10-11,16H2,1-3H3,(H2,28,29,30). The van der Waals surface area contributed by atoms with Crippen molar-refractivity contribution in [2.75, 3.05) is 25.1 Å². The van der Waals surface area contributed by atoms with E-state index in [1.807, 2.05) is 18.2 Å². The Morgan fingerprint density at radius 2 is 2.12 bits per heavy atom. The van der Waals surface area contributed by atoms with Gasteiger partial charge >= 0.3 is 0 Å². The van der Waals surface area contributed by atoms with Crippen molar-refractivity contribution >= 4 is 39.3 Å². The second-order valence-corrected chi connectivity index (χ2v) is 10.4. The van der Waals surface area contributed by atoms with Crippen molar-refractivity contribution in [2.45, 2.75) is 32.8 Å². The number of ether oxygens (including phenoxy) is 1. The first kappa shape index (κ1) is 22.6. The van der Waals surface area contributed by atoms with Crippen LogP contribution in [0.1, 0.15) is 32.9 Å². The number of hydrogen-bond donors (Lipinski definition) is 3. The number of hydrogen-bond acceptors (Lipinski definition) is 7. The number of aromatic hydroxyl groups is 1. The van der Waals surface area contributed by atoms with Crippen LogP contribution in [-0.4, -0.2) is 50.4 Å². The summed E-state index contributed by atoms with van der Waals surface area (Å²) in [5.41, 5.74) is 7.50. The number of phenolic OH excluding ortho intramolecular Hbond substituents is 1. The number of thiazole rings is 1. The molecule has 34 heavy (non-hydrogen) atoms. The van der Waals surface area contributed by atoms with Crippen LogP contribution in [0.2, 0.25) is 0 Å². The fourth-order valence-corrected chi connectivity index (χ4v) is 4.63. The summed E-state index contributed by atoms with van der Waals surface area (Å²) in [4.78, 5) is 15.4. The molecular weight excluding hydrogens is 446 g/mol. The van der Waals surface area contributed by atoms with Gasteiger partial charge in [-0.05, 0) is 63.1 Å². The lowest BCUT2D eigenvalue weighted by molar-refractivity contribution is -0.0603. The van der Waals surface area contributed by atoms with Gasteiger partial charge in [-0.25, -0.2) is 4.98 Å². The minimum atomic E-state index is -0.130. The van der Waals surface area contributed by atoms with E-state index in [2.05, 4.69) is 58.1 Å². The summed E-state index contributed by atoms with van der Waals surface area (Å²) in [7, 11) is 0. The number of pyridine rings is 1. The van der Waals surface area contributed by atoms with Crippen molar-refractivity contribution in [1.82, 2.24) is 19.9 Å². The summed E-state index contributed by atoms with van der Waals surface area (Å²) in [5, 5.41) is 14.8. The van der Waals surface area contributed by atoms with Crippen LogP contribution < -0.4 is 5.32 Å². The molecule has 0 saturated carbocycles. The quantitative estimate of drug-likeness (QED) is 0.297. The van der Waals surface area contributed by atoms with Gasteiger partial charge in [0.05, 0.1) is 28.4 Å². The zero-order valence-corrected chi connectivity index (χ0v) is 20.4. The molecule has 1 aliphatic heterocycles. The van der Waals surface area contributed by atoms with E-state index in [1.54, 1.807) is 24.0 Å². The first-order valence-electron chi connectivity index (χ1n) is 11.4. The predicted molar refractivity (Wildman–Crippen MR) is 138 cm³/mol. The molecule has 0 amide bonds. The fourth-order valence-electron chi connectivity index (χ4n) is 3.98. The topological polar surface area (TPSA) is 86.3 Å². The van der Waals surface area contributed by atoms with E-state index in [9.17, 15) is 5.11 Å². The molecule has 0 spiro atoms. The number of rotatable bonds is 6. The number of fused-ring (bicyclic) bond motifs is 1. The smallest absolute Gasteiger partial charge is 0.139 e. The van der Waals surface area contributed by atoms with Gasteiger partial charge in [0.15, 0.2) is 0 Å². The van der Waals surface area contributed by atoms with E-state index in [-0.39, 0.29) is 11.4 Å². The lowest BCUT2D eigenvalue weighted by atomic mass is 10.0.